The van der Waals surface area contributed by atoms with Gasteiger partial charge in [0.1, 0.15) is 6.10 Å². The summed E-state index contributed by atoms with van der Waals surface area (Å²) >= 11 is 0. The summed E-state index contributed by atoms with van der Waals surface area (Å²) in [5.41, 5.74) is 6.19. The number of alkyl halides is 3. The minimum Gasteiger partial charge on any atom is -0.385 e. The number of aliphatic hydroxyl groups is 1. The first-order valence-electron chi connectivity index (χ1n) is 13.2. The Morgan fingerprint density at radius 3 is 2.67 bits per heavy atom. The highest BCUT2D eigenvalue weighted by Crippen LogP contribution is 2.63. The Bertz CT molecular complexity index is 1600. The normalized spacial score (nSPS) is 22.6. The van der Waals surface area contributed by atoms with Crippen LogP contribution in [0.2, 0.25) is 0 Å². The molecule has 1 N–H and O–H groups in total. The maximum absolute atomic E-state index is 13.2. The first-order valence-corrected chi connectivity index (χ1v) is 14.8. The molecule has 1 spiro atoms. The second-order valence-electron chi connectivity index (χ2n) is 10.9. The van der Waals surface area contributed by atoms with E-state index in [0.29, 0.717) is 6.42 Å². The SMILES string of the molecule is Cc1ccc(-n2ncc3c2C=C2CCC4C(CN(CC(O)c5ccccn5)S(=O)(=O)CC(F)(F)F)=C[C@]24C3)cc1. The minimum atomic E-state index is -4.90. The number of halogens is 3. The molecule has 0 aliphatic heterocycles. The van der Waals surface area contributed by atoms with Gasteiger partial charge in [-0.15, -0.1) is 0 Å². The van der Waals surface area contributed by atoms with Crippen LogP contribution in [-0.2, 0) is 16.4 Å². The molecule has 1 aromatic carbocycles. The summed E-state index contributed by atoms with van der Waals surface area (Å²) in [6.45, 7) is 1.32. The lowest BCUT2D eigenvalue weighted by Gasteiger charge is -2.47. The lowest BCUT2D eigenvalue weighted by molar-refractivity contribution is -0.107. The van der Waals surface area contributed by atoms with Crippen molar-refractivity contribution in [3.8, 4) is 5.69 Å². The number of nitrogens with zero attached hydrogens (tertiary/aromatic N) is 4. The van der Waals surface area contributed by atoms with Crippen LogP contribution < -0.4 is 0 Å². The number of allylic oxidation sites excluding steroid dienone is 2. The standard InChI is InChI=1S/C29H29F3N4O3S/c1-19-5-8-23(9-6-19)36-26-12-22-7-10-24-21(14-28(22,24)13-20(26)15-34-36)16-35(40(38,39)18-29(30,31)32)17-27(37)25-4-2-3-11-33-25/h2-6,8-9,11-12,14-15,24,27,37H,7,10,13,16-18H2,1H3/t24?,27?,28-/m1/s1. The summed E-state index contributed by atoms with van der Waals surface area (Å²) in [4.78, 5) is 4.03. The monoisotopic (exact) mass is 570 g/mol. The van der Waals surface area contributed by atoms with Crippen molar-refractivity contribution in [2.45, 2.75) is 38.5 Å². The van der Waals surface area contributed by atoms with E-state index in [0.717, 1.165) is 45.2 Å². The molecule has 3 aromatic rings. The van der Waals surface area contributed by atoms with Crippen LogP contribution in [0.25, 0.3) is 11.8 Å². The van der Waals surface area contributed by atoms with Gasteiger partial charge in [-0.05, 0) is 68.0 Å². The van der Waals surface area contributed by atoms with Gasteiger partial charge in [0.15, 0.2) is 5.75 Å². The number of aliphatic hydroxyl groups excluding tert-OH is 1. The van der Waals surface area contributed by atoms with Crippen LogP contribution in [0.1, 0.15) is 41.5 Å². The number of aryl methyl sites for hydroxylation is 1. The van der Waals surface area contributed by atoms with E-state index in [1.165, 1.54) is 17.8 Å². The molecule has 2 aromatic heterocycles. The van der Waals surface area contributed by atoms with Gasteiger partial charge >= 0.3 is 6.18 Å². The molecule has 6 rings (SSSR count). The first kappa shape index (κ1) is 26.9. The number of sulfonamides is 1. The number of pyridine rings is 1. The number of aromatic nitrogens is 3. The van der Waals surface area contributed by atoms with Crippen LogP contribution in [-0.4, -0.2) is 57.6 Å². The summed E-state index contributed by atoms with van der Waals surface area (Å²) in [7, 11) is -4.74. The van der Waals surface area contributed by atoms with E-state index in [1.54, 1.807) is 12.1 Å². The fraction of sp³-hybridized carbons (Fsp3) is 0.379. The zero-order valence-electron chi connectivity index (χ0n) is 21.8. The van der Waals surface area contributed by atoms with Crippen LogP contribution in [0.15, 0.2) is 72.1 Å². The van der Waals surface area contributed by atoms with Crippen molar-refractivity contribution < 1.29 is 26.7 Å². The Hall–Kier alpha value is -3.28. The van der Waals surface area contributed by atoms with Gasteiger partial charge in [-0.1, -0.05) is 41.0 Å². The lowest BCUT2D eigenvalue weighted by atomic mass is 9.58. The second kappa shape index (κ2) is 9.67. The van der Waals surface area contributed by atoms with E-state index in [-0.39, 0.29) is 23.6 Å². The number of fused-ring (bicyclic) bond motifs is 1. The molecule has 1 fully saturated rings. The van der Waals surface area contributed by atoms with Gasteiger partial charge in [0.25, 0.3) is 0 Å². The molecule has 2 heterocycles. The van der Waals surface area contributed by atoms with E-state index in [2.05, 4.69) is 16.2 Å². The molecule has 3 aliphatic carbocycles. The molecule has 0 amide bonds. The molecular weight excluding hydrogens is 541 g/mol. The quantitative estimate of drug-likeness (QED) is 0.394. The average Bonchev–Trinajstić information content (AvgIpc) is 3.42. The third kappa shape index (κ3) is 4.80. The van der Waals surface area contributed by atoms with Crippen LogP contribution in [0.4, 0.5) is 13.2 Å². The summed E-state index contributed by atoms with van der Waals surface area (Å²) < 4.78 is 68.2. The van der Waals surface area contributed by atoms with Gasteiger partial charge < -0.3 is 5.11 Å². The highest BCUT2D eigenvalue weighted by atomic mass is 32.2. The first-order chi connectivity index (χ1) is 19.0. The average molecular weight is 571 g/mol. The van der Waals surface area contributed by atoms with Crippen molar-refractivity contribution in [2.24, 2.45) is 11.3 Å². The highest BCUT2D eigenvalue weighted by Gasteiger charge is 2.55. The molecule has 40 heavy (non-hydrogen) atoms. The Labute approximate surface area is 230 Å². The molecule has 7 nitrogen and oxygen atoms in total. The Morgan fingerprint density at radius 1 is 1.20 bits per heavy atom. The van der Waals surface area contributed by atoms with E-state index in [4.69, 9.17) is 0 Å². The molecule has 0 radical (unpaired) electrons. The molecule has 1 saturated carbocycles. The van der Waals surface area contributed by atoms with Crippen LogP contribution in [0.5, 0.6) is 0 Å². The number of benzene rings is 1. The van der Waals surface area contributed by atoms with Crippen molar-refractivity contribution >= 4 is 16.1 Å². The zero-order valence-corrected chi connectivity index (χ0v) is 22.7. The van der Waals surface area contributed by atoms with Gasteiger partial charge in [-0.2, -0.15) is 22.6 Å². The molecule has 0 saturated heterocycles. The molecule has 210 valence electrons. The van der Waals surface area contributed by atoms with Gasteiger partial charge in [-0.3, -0.25) is 4.98 Å². The molecule has 2 unspecified atom stereocenters. The van der Waals surface area contributed by atoms with Crippen LogP contribution >= 0.6 is 0 Å². The Morgan fingerprint density at radius 2 is 1.98 bits per heavy atom. The zero-order chi connectivity index (χ0) is 28.3. The molecule has 3 atom stereocenters. The third-order valence-electron chi connectivity index (χ3n) is 8.28. The summed E-state index contributed by atoms with van der Waals surface area (Å²) in [6, 6.07) is 12.9. The summed E-state index contributed by atoms with van der Waals surface area (Å²) in [5.74, 6) is -1.96. The fourth-order valence-electron chi connectivity index (χ4n) is 6.40. The lowest BCUT2D eigenvalue weighted by Crippen LogP contribution is -2.46. The Kier molecular flexibility index (Phi) is 6.51. The topological polar surface area (TPSA) is 88.3 Å². The molecular formula is C29H29F3N4O3S. The molecule has 0 bridgehead atoms. The number of rotatable bonds is 8. The van der Waals surface area contributed by atoms with Gasteiger partial charge in [0, 0.05) is 24.7 Å². The van der Waals surface area contributed by atoms with Gasteiger partial charge in [0.2, 0.25) is 10.0 Å². The molecule has 11 heteroatoms. The van der Waals surface area contributed by atoms with Crippen molar-refractivity contribution in [1.29, 1.82) is 0 Å². The fourth-order valence-corrected chi connectivity index (χ4v) is 7.71. The van der Waals surface area contributed by atoms with Crippen molar-refractivity contribution in [2.75, 3.05) is 18.8 Å². The maximum atomic E-state index is 13.2. The van der Waals surface area contributed by atoms with Crippen molar-refractivity contribution in [3.05, 3.63) is 94.6 Å². The van der Waals surface area contributed by atoms with Crippen LogP contribution in [0, 0.1) is 18.3 Å². The third-order valence-corrected chi connectivity index (χ3v) is 10.0. The number of hydrogen-bond acceptors (Lipinski definition) is 5. The maximum Gasteiger partial charge on any atom is 0.404 e. The van der Waals surface area contributed by atoms with Crippen molar-refractivity contribution in [1.82, 2.24) is 19.1 Å². The number of hydrogen-bond donors (Lipinski definition) is 1. The second-order valence-corrected chi connectivity index (χ2v) is 12.9. The Balaban J connectivity index is 1.27. The predicted molar refractivity (Wildman–Crippen MR) is 144 cm³/mol. The smallest absolute Gasteiger partial charge is 0.385 e. The van der Waals surface area contributed by atoms with Crippen molar-refractivity contribution in [3.63, 3.8) is 0 Å². The highest BCUT2D eigenvalue weighted by molar-refractivity contribution is 7.89. The van der Waals surface area contributed by atoms with E-state index >= 15 is 0 Å². The van der Waals surface area contributed by atoms with E-state index in [9.17, 15) is 26.7 Å². The largest absolute Gasteiger partial charge is 0.404 e. The summed E-state index contributed by atoms with van der Waals surface area (Å²) in [6.07, 6.45) is 3.56. The van der Waals surface area contributed by atoms with E-state index in [1.807, 2.05) is 48.1 Å². The van der Waals surface area contributed by atoms with Crippen LogP contribution in [0.3, 0.4) is 0 Å². The molecule has 3 aliphatic rings. The minimum absolute atomic E-state index is 0.0187. The van der Waals surface area contributed by atoms with Gasteiger partial charge in [-0.25, -0.2) is 13.1 Å². The predicted octanol–water partition coefficient (Wildman–Crippen LogP) is 4.78. The summed E-state index contributed by atoms with van der Waals surface area (Å²) in [5, 5.41) is 15.3. The van der Waals surface area contributed by atoms with E-state index < -0.39 is 34.6 Å². The van der Waals surface area contributed by atoms with Gasteiger partial charge in [0.05, 0.1) is 23.3 Å².